The maximum Gasteiger partial charge on any atom is 0.232 e. The van der Waals surface area contributed by atoms with Crippen LogP contribution in [0, 0.1) is 6.92 Å². The molecule has 0 atom stereocenters. The van der Waals surface area contributed by atoms with Crippen LogP contribution in [0.5, 0.6) is 5.75 Å². The number of carbonyl (C=O) groups is 1. The lowest BCUT2D eigenvalue weighted by Gasteiger charge is -2.17. The zero-order chi connectivity index (χ0) is 16.8. The molecule has 2 aromatic rings. The number of hydrogen-bond acceptors (Lipinski definition) is 5. The Morgan fingerprint density at radius 2 is 2.04 bits per heavy atom. The number of hydrogen-bond donors (Lipinski definition) is 0. The second-order valence-corrected chi connectivity index (χ2v) is 6.85. The largest absolute Gasteiger partial charge is 0.492 e. The second kappa shape index (κ2) is 8.35. The predicted molar refractivity (Wildman–Crippen MR) is 93.7 cm³/mol. The van der Waals surface area contributed by atoms with Crippen molar-refractivity contribution in [1.29, 1.82) is 0 Å². The van der Waals surface area contributed by atoms with Crippen molar-refractivity contribution in [2.75, 3.05) is 26.0 Å². The molecule has 23 heavy (non-hydrogen) atoms. The van der Waals surface area contributed by atoms with Crippen LogP contribution >= 0.6 is 27.7 Å². The fourth-order valence-corrected chi connectivity index (χ4v) is 2.87. The summed E-state index contributed by atoms with van der Waals surface area (Å²) in [5.41, 5.74) is 0. The SMILES string of the molecule is Cc1nnc(SCC(=O)N(C)CCOc2ccc(Br)cc2)n1C. The van der Waals surface area contributed by atoms with Gasteiger partial charge < -0.3 is 14.2 Å². The summed E-state index contributed by atoms with van der Waals surface area (Å²) < 4.78 is 8.50. The molecular formula is C15H19BrN4O2S. The number of halogens is 1. The van der Waals surface area contributed by atoms with Gasteiger partial charge in [0.2, 0.25) is 5.91 Å². The highest BCUT2D eigenvalue weighted by Gasteiger charge is 2.12. The van der Waals surface area contributed by atoms with E-state index in [2.05, 4.69) is 26.1 Å². The van der Waals surface area contributed by atoms with Gasteiger partial charge in [0.05, 0.1) is 12.3 Å². The van der Waals surface area contributed by atoms with Crippen LogP contribution in [-0.4, -0.2) is 51.5 Å². The first-order valence-electron chi connectivity index (χ1n) is 7.08. The molecule has 0 radical (unpaired) electrons. The van der Waals surface area contributed by atoms with E-state index in [1.807, 2.05) is 42.8 Å². The smallest absolute Gasteiger partial charge is 0.232 e. The van der Waals surface area contributed by atoms with Crippen LogP contribution in [0.15, 0.2) is 33.9 Å². The fourth-order valence-electron chi connectivity index (χ4n) is 1.71. The Morgan fingerprint density at radius 3 is 2.65 bits per heavy atom. The predicted octanol–water partition coefficient (Wildman–Crippen LogP) is 2.52. The molecule has 1 aromatic heterocycles. The molecule has 1 heterocycles. The molecule has 124 valence electrons. The molecule has 0 aliphatic rings. The topological polar surface area (TPSA) is 60.3 Å². The van der Waals surface area contributed by atoms with Crippen molar-refractivity contribution in [1.82, 2.24) is 19.7 Å². The van der Waals surface area contributed by atoms with Gasteiger partial charge in [0.25, 0.3) is 0 Å². The highest BCUT2D eigenvalue weighted by Crippen LogP contribution is 2.17. The molecule has 2 rings (SSSR count). The van der Waals surface area contributed by atoms with Crippen molar-refractivity contribution < 1.29 is 9.53 Å². The summed E-state index contributed by atoms with van der Waals surface area (Å²) in [5.74, 6) is 1.99. The Labute approximate surface area is 148 Å². The van der Waals surface area contributed by atoms with E-state index in [9.17, 15) is 4.79 Å². The van der Waals surface area contributed by atoms with Crippen molar-refractivity contribution >= 4 is 33.6 Å². The van der Waals surface area contributed by atoms with Crippen LogP contribution in [0.25, 0.3) is 0 Å². The van der Waals surface area contributed by atoms with Gasteiger partial charge >= 0.3 is 0 Å². The standard InChI is InChI=1S/C15H19BrN4O2S/c1-11-17-18-15(20(11)3)23-10-14(21)19(2)8-9-22-13-6-4-12(16)5-7-13/h4-7H,8-10H2,1-3H3. The third-order valence-corrected chi connectivity index (χ3v) is 4.85. The molecule has 0 aliphatic carbocycles. The molecule has 0 fully saturated rings. The van der Waals surface area contributed by atoms with Crippen molar-refractivity contribution in [3.8, 4) is 5.75 Å². The number of likely N-dealkylation sites (N-methyl/N-ethyl adjacent to an activating group) is 1. The second-order valence-electron chi connectivity index (χ2n) is 5.00. The van der Waals surface area contributed by atoms with Gasteiger partial charge in [-0.15, -0.1) is 10.2 Å². The van der Waals surface area contributed by atoms with E-state index in [0.717, 1.165) is 21.2 Å². The maximum absolute atomic E-state index is 12.1. The van der Waals surface area contributed by atoms with E-state index in [0.29, 0.717) is 18.9 Å². The van der Waals surface area contributed by atoms with E-state index in [1.165, 1.54) is 11.8 Å². The lowest BCUT2D eigenvalue weighted by molar-refractivity contribution is -0.127. The summed E-state index contributed by atoms with van der Waals surface area (Å²) in [6.45, 7) is 2.87. The average Bonchev–Trinajstić information content (AvgIpc) is 2.86. The highest BCUT2D eigenvalue weighted by atomic mass is 79.9. The molecule has 0 unspecified atom stereocenters. The van der Waals surface area contributed by atoms with Crippen LogP contribution in [0.3, 0.4) is 0 Å². The number of ether oxygens (including phenoxy) is 1. The number of amides is 1. The lowest BCUT2D eigenvalue weighted by atomic mass is 10.3. The quantitative estimate of drug-likeness (QED) is 0.670. The Morgan fingerprint density at radius 1 is 1.35 bits per heavy atom. The summed E-state index contributed by atoms with van der Waals surface area (Å²) in [6, 6.07) is 7.61. The third kappa shape index (κ3) is 5.24. The molecule has 1 amide bonds. The van der Waals surface area contributed by atoms with Crippen LogP contribution in [0.4, 0.5) is 0 Å². The third-order valence-electron chi connectivity index (χ3n) is 3.31. The summed E-state index contributed by atoms with van der Waals surface area (Å²) in [4.78, 5) is 13.8. The summed E-state index contributed by atoms with van der Waals surface area (Å²) >= 11 is 4.76. The Hall–Kier alpha value is -1.54. The van der Waals surface area contributed by atoms with E-state index in [4.69, 9.17) is 4.74 Å². The van der Waals surface area contributed by atoms with Gasteiger partial charge in [0.1, 0.15) is 18.2 Å². The first-order valence-corrected chi connectivity index (χ1v) is 8.86. The van der Waals surface area contributed by atoms with E-state index in [-0.39, 0.29) is 5.91 Å². The van der Waals surface area contributed by atoms with Crippen LogP contribution in [0.2, 0.25) is 0 Å². The number of thioether (sulfide) groups is 1. The van der Waals surface area contributed by atoms with Gasteiger partial charge in [0, 0.05) is 18.6 Å². The highest BCUT2D eigenvalue weighted by molar-refractivity contribution is 9.10. The van der Waals surface area contributed by atoms with Crippen LogP contribution in [0.1, 0.15) is 5.82 Å². The Kier molecular flexibility index (Phi) is 6.47. The number of rotatable bonds is 7. The molecule has 0 N–H and O–H groups in total. The van der Waals surface area contributed by atoms with Gasteiger partial charge in [-0.2, -0.15) is 0 Å². The zero-order valence-electron chi connectivity index (χ0n) is 13.3. The average molecular weight is 399 g/mol. The van der Waals surface area contributed by atoms with Crippen molar-refractivity contribution in [2.45, 2.75) is 12.1 Å². The van der Waals surface area contributed by atoms with Crippen molar-refractivity contribution in [2.24, 2.45) is 7.05 Å². The molecule has 0 bridgehead atoms. The summed E-state index contributed by atoms with van der Waals surface area (Å²) in [6.07, 6.45) is 0. The minimum Gasteiger partial charge on any atom is -0.492 e. The minimum atomic E-state index is 0.0371. The number of benzene rings is 1. The summed E-state index contributed by atoms with van der Waals surface area (Å²) in [5, 5.41) is 8.75. The molecule has 8 heteroatoms. The number of carbonyl (C=O) groups excluding carboxylic acids is 1. The van der Waals surface area contributed by atoms with Gasteiger partial charge in [-0.25, -0.2) is 0 Å². The molecule has 0 saturated heterocycles. The Balaban J connectivity index is 1.72. The number of aromatic nitrogens is 3. The van der Waals surface area contributed by atoms with Crippen molar-refractivity contribution in [3.05, 3.63) is 34.6 Å². The maximum atomic E-state index is 12.1. The van der Waals surface area contributed by atoms with Gasteiger partial charge in [-0.3, -0.25) is 4.79 Å². The Bertz CT molecular complexity index is 660. The normalized spacial score (nSPS) is 10.6. The van der Waals surface area contributed by atoms with Crippen molar-refractivity contribution in [3.63, 3.8) is 0 Å². The van der Waals surface area contributed by atoms with Gasteiger partial charge in [-0.1, -0.05) is 27.7 Å². The van der Waals surface area contributed by atoms with Gasteiger partial charge in [-0.05, 0) is 31.2 Å². The first-order chi connectivity index (χ1) is 11.0. The molecule has 6 nitrogen and oxygen atoms in total. The molecule has 0 aliphatic heterocycles. The number of nitrogens with zero attached hydrogens (tertiary/aromatic N) is 4. The summed E-state index contributed by atoms with van der Waals surface area (Å²) in [7, 11) is 3.66. The monoisotopic (exact) mass is 398 g/mol. The molecular weight excluding hydrogens is 380 g/mol. The van der Waals surface area contributed by atoms with E-state index < -0.39 is 0 Å². The number of aryl methyl sites for hydroxylation is 1. The van der Waals surface area contributed by atoms with Crippen LogP contribution in [-0.2, 0) is 11.8 Å². The van der Waals surface area contributed by atoms with Crippen LogP contribution < -0.4 is 4.74 Å². The van der Waals surface area contributed by atoms with E-state index >= 15 is 0 Å². The zero-order valence-corrected chi connectivity index (χ0v) is 15.7. The minimum absolute atomic E-state index is 0.0371. The molecule has 1 aromatic carbocycles. The first kappa shape index (κ1) is 17.8. The molecule has 0 saturated carbocycles. The molecule has 0 spiro atoms. The fraction of sp³-hybridized carbons (Fsp3) is 0.400. The van der Waals surface area contributed by atoms with Gasteiger partial charge in [0.15, 0.2) is 5.16 Å². The lowest BCUT2D eigenvalue weighted by Crippen LogP contribution is -2.32. The van der Waals surface area contributed by atoms with E-state index in [1.54, 1.807) is 11.9 Å².